The van der Waals surface area contributed by atoms with Gasteiger partial charge in [0.15, 0.2) is 0 Å². The van der Waals surface area contributed by atoms with Gasteiger partial charge in [-0.05, 0) is 30.9 Å². The lowest BCUT2D eigenvalue weighted by Gasteiger charge is -2.36. The zero-order chi connectivity index (χ0) is 15.5. The summed E-state index contributed by atoms with van der Waals surface area (Å²) in [7, 11) is 0. The predicted molar refractivity (Wildman–Crippen MR) is 79.6 cm³/mol. The van der Waals surface area contributed by atoms with Crippen LogP contribution in [0, 0.1) is 5.82 Å². The minimum absolute atomic E-state index is 0.263. The van der Waals surface area contributed by atoms with E-state index in [4.69, 9.17) is 0 Å². The molecule has 0 bridgehead atoms. The molecule has 0 saturated heterocycles. The highest BCUT2D eigenvalue weighted by atomic mass is 19.1. The van der Waals surface area contributed by atoms with Crippen LogP contribution in [0.4, 0.5) is 9.18 Å². The lowest BCUT2D eigenvalue weighted by atomic mass is 9.80. The molecule has 5 heteroatoms. The average molecular weight is 294 g/mol. The monoisotopic (exact) mass is 294 g/mol. The first-order valence-electron chi connectivity index (χ1n) is 7.32. The molecule has 21 heavy (non-hydrogen) atoms. The van der Waals surface area contributed by atoms with Crippen molar-refractivity contribution in [2.75, 3.05) is 13.1 Å². The van der Waals surface area contributed by atoms with E-state index < -0.39 is 11.0 Å². The molecule has 2 rings (SSSR count). The Morgan fingerprint density at radius 1 is 1.33 bits per heavy atom. The molecule has 1 aromatic rings. The van der Waals surface area contributed by atoms with Gasteiger partial charge in [0.1, 0.15) is 5.82 Å². The molecule has 1 aromatic carbocycles. The molecule has 0 unspecified atom stereocenters. The minimum Gasteiger partial charge on any atom is -0.388 e. The lowest BCUT2D eigenvalue weighted by molar-refractivity contribution is -0.0290. The first-order chi connectivity index (χ1) is 9.82. The topological polar surface area (TPSA) is 61.4 Å². The van der Waals surface area contributed by atoms with E-state index in [1.165, 1.54) is 6.07 Å². The van der Waals surface area contributed by atoms with Crippen molar-refractivity contribution in [3.63, 3.8) is 0 Å². The van der Waals surface area contributed by atoms with Gasteiger partial charge in [-0.15, -0.1) is 0 Å². The molecule has 0 spiro atoms. The van der Waals surface area contributed by atoms with E-state index in [0.29, 0.717) is 12.1 Å². The van der Waals surface area contributed by atoms with E-state index in [-0.39, 0.29) is 18.4 Å². The van der Waals surface area contributed by atoms with E-state index in [1.807, 2.05) is 13.8 Å². The van der Waals surface area contributed by atoms with Crippen molar-refractivity contribution < 1.29 is 14.3 Å². The quantitative estimate of drug-likeness (QED) is 0.780. The molecule has 0 aromatic heterocycles. The molecule has 4 nitrogen and oxygen atoms in total. The number of aliphatic hydroxyl groups is 1. The number of amides is 2. The van der Waals surface area contributed by atoms with Crippen LogP contribution in [0.1, 0.15) is 38.7 Å². The maximum atomic E-state index is 13.8. The van der Waals surface area contributed by atoms with Gasteiger partial charge in [0, 0.05) is 18.5 Å². The SMILES string of the molecule is CC(C)(CNC(=O)NCC1(O)CCC1)c1ccccc1F. The Kier molecular flexibility index (Phi) is 4.52. The van der Waals surface area contributed by atoms with Crippen LogP contribution >= 0.6 is 0 Å². The van der Waals surface area contributed by atoms with E-state index >= 15 is 0 Å². The first-order valence-corrected chi connectivity index (χ1v) is 7.32. The number of benzene rings is 1. The minimum atomic E-state index is -0.738. The maximum absolute atomic E-state index is 13.8. The molecule has 3 N–H and O–H groups in total. The second-order valence-electron chi connectivity index (χ2n) is 6.48. The highest BCUT2D eigenvalue weighted by Crippen LogP contribution is 2.30. The summed E-state index contributed by atoms with van der Waals surface area (Å²) in [5, 5.41) is 15.3. The fourth-order valence-electron chi connectivity index (χ4n) is 2.48. The maximum Gasteiger partial charge on any atom is 0.314 e. The Balaban J connectivity index is 1.83. The average Bonchev–Trinajstić information content (AvgIpc) is 2.41. The zero-order valence-corrected chi connectivity index (χ0v) is 12.6. The summed E-state index contributed by atoms with van der Waals surface area (Å²) < 4.78 is 13.8. The number of hydrogen-bond donors (Lipinski definition) is 3. The van der Waals surface area contributed by atoms with E-state index in [0.717, 1.165) is 19.3 Å². The summed E-state index contributed by atoms with van der Waals surface area (Å²) in [6.07, 6.45) is 2.46. The van der Waals surface area contributed by atoms with Gasteiger partial charge in [0.25, 0.3) is 0 Å². The molecule has 0 atom stereocenters. The number of rotatable bonds is 5. The Morgan fingerprint density at radius 3 is 2.57 bits per heavy atom. The summed E-state index contributed by atoms with van der Waals surface area (Å²) in [6.45, 7) is 4.34. The van der Waals surface area contributed by atoms with Crippen LogP contribution in [0.15, 0.2) is 24.3 Å². The molecule has 2 amide bonds. The molecule has 116 valence electrons. The second-order valence-corrected chi connectivity index (χ2v) is 6.48. The Bertz CT molecular complexity index is 513. The van der Waals surface area contributed by atoms with Crippen LogP contribution in [0.5, 0.6) is 0 Å². The lowest BCUT2D eigenvalue weighted by Crippen LogP contribution is -2.51. The van der Waals surface area contributed by atoms with E-state index in [2.05, 4.69) is 10.6 Å². The van der Waals surface area contributed by atoms with Gasteiger partial charge >= 0.3 is 6.03 Å². The smallest absolute Gasteiger partial charge is 0.314 e. The normalized spacial score (nSPS) is 17.0. The Hall–Kier alpha value is -1.62. The van der Waals surface area contributed by atoms with E-state index in [9.17, 15) is 14.3 Å². The molecule has 0 aliphatic heterocycles. The third kappa shape index (κ3) is 3.94. The molecular formula is C16H23FN2O2. The third-order valence-corrected chi connectivity index (χ3v) is 4.16. The molecular weight excluding hydrogens is 271 g/mol. The standard InChI is InChI=1S/C16H23FN2O2/c1-15(2,12-6-3-4-7-13(12)17)10-18-14(20)19-11-16(21)8-5-9-16/h3-4,6-7,21H,5,8-11H2,1-2H3,(H2,18,19,20). The van der Waals surface area contributed by atoms with Gasteiger partial charge in [-0.3, -0.25) is 0 Å². The van der Waals surface area contributed by atoms with Crippen LogP contribution < -0.4 is 10.6 Å². The summed E-state index contributed by atoms with van der Waals surface area (Å²) in [4.78, 5) is 11.8. The summed E-state index contributed by atoms with van der Waals surface area (Å²) >= 11 is 0. The highest BCUT2D eigenvalue weighted by molar-refractivity contribution is 5.74. The van der Waals surface area contributed by atoms with Crippen molar-refractivity contribution in [3.05, 3.63) is 35.6 Å². The number of urea groups is 1. The van der Waals surface area contributed by atoms with Gasteiger partial charge in [-0.1, -0.05) is 32.0 Å². The molecule has 0 radical (unpaired) electrons. The summed E-state index contributed by atoms with van der Waals surface area (Å²) in [6, 6.07) is 6.25. The summed E-state index contributed by atoms with van der Waals surface area (Å²) in [5.41, 5.74) is -0.669. The van der Waals surface area contributed by atoms with E-state index in [1.54, 1.807) is 18.2 Å². The number of halogens is 1. The zero-order valence-electron chi connectivity index (χ0n) is 12.6. The number of nitrogens with one attached hydrogen (secondary N) is 2. The number of carbonyl (C=O) groups excluding carboxylic acids is 1. The largest absolute Gasteiger partial charge is 0.388 e. The molecule has 0 heterocycles. The van der Waals surface area contributed by atoms with Crippen molar-refractivity contribution in [1.82, 2.24) is 10.6 Å². The first kappa shape index (κ1) is 15.8. The van der Waals surface area contributed by atoms with Gasteiger partial charge in [0.05, 0.1) is 5.60 Å². The third-order valence-electron chi connectivity index (χ3n) is 4.16. The summed E-state index contributed by atoms with van der Waals surface area (Å²) in [5.74, 6) is -0.270. The van der Waals surface area contributed by atoms with Crippen LogP contribution in [-0.2, 0) is 5.41 Å². The van der Waals surface area contributed by atoms with Gasteiger partial charge in [0.2, 0.25) is 0 Å². The molecule has 1 fully saturated rings. The van der Waals surface area contributed by atoms with Crippen molar-refractivity contribution in [1.29, 1.82) is 0 Å². The van der Waals surface area contributed by atoms with Crippen molar-refractivity contribution in [2.45, 2.75) is 44.1 Å². The number of hydrogen-bond acceptors (Lipinski definition) is 2. The Morgan fingerprint density at radius 2 is 2.00 bits per heavy atom. The van der Waals surface area contributed by atoms with Crippen molar-refractivity contribution >= 4 is 6.03 Å². The van der Waals surface area contributed by atoms with Gasteiger partial charge < -0.3 is 15.7 Å². The molecule has 1 aliphatic carbocycles. The Labute approximate surface area is 124 Å². The van der Waals surface area contributed by atoms with Crippen LogP contribution in [0.2, 0.25) is 0 Å². The predicted octanol–water partition coefficient (Wildman–Crippen LogP) is 2.32. The van der Waals surface area contributed by atoms with Crippen LogP contribution in [-0.4, -0.2) is 29.8 Å². The van der Waals surface area contributed by atoms with Gasteiger partial charge in [-0.2, -0.15) is 0 Å². The second kappa shape index (κ2) is 6.02. The fraction of sp³-hybridized carbons (Fsp3) is 0.562. The molecule has 1 saturated carbocycles. The van der Waals surface area contributed by atoms with Gasteiger partial charge in [-0.25, -0.2) is 9.18 Å². The fourth-order valence-corrected chi connectivity index (χ4v) is 2.48. The molecule has 1 aliphatic rings. The number of carbonyl (C=O) groups is 1. The van der Waals surface area contributed by atoms with Crippen LogP contribution in [0.3, 0.4) is 0 Å². The highest BCUT2D eigenvalue weighted by Gasteiger charge is 2.34. The van der Waals surface area contributed by atoms with Crippen molar-refractivity contribution in [2.24, 2.45) is 0 Å². The van der Waals surface area contributed by atoms with Crippen LogP contribution in [0.25, 0.3) is 0 Å². The van der Waals surface area contributed by atoms with Crippen molar-refractivity contribution in [3.8, 4) is 0 Å².